The van der Waals surface area contributed by atoms with Crippen LogP contribution in [0.15, 0.2) is 59.1 Å². The Hall–Kier alpha value is -3.16. The Morgan fingerprint density at radius 3 is 2.31 bits per heavy atom. The van der Waals surface area contributed by atoms with Crippen molar-refractivity contribution in [2.45, 2.75) is 12.8 Å². The van der Waals surface area contributed by atoms with Crippen LogP contribution < -0.4 is 0 Å². The molecule has 0 aliphatic rings. The molecule has 134 valence electrons. The number of carbonyl (C=O) groups is 1. The zero-order valence-electron chi connectivity index (χ0n) is 13.1. The summed E-state index contributed by atoms with van der Waals surface area (Å²) in [5.74, 6) is -0.727. The molecule has 0 spiro atoms. The Morgan fingerprint density at radius 2 is 1.69 bits per heavy atom. The molecule has 4 nitrogen and oxygen atoms in total. The van der Waals surface area contributed by atoms with Crippen LogP contribution in [-0.2, 0) is 17.5 Å². The van der Waals surface area contributed by atoms with E-state index in [0.717, 1.165) is 24.3 Å². The molecule has 2 aromatic carbocycles. The molecule has 1 aromatic heterocycles. The minimum Gasteiger partial charge on any atom is -0.452 e. The zero-order chi connectivity index (χ0) is 18.7. The van der Waals surface area contributed by atoms with E-state index in [-0.39, 0.29) is 23.9 Å². The summed E-state index contributed by atoms with van der Waals surface area (Å²) >= 11 is 0. The molecule has 1 heterocycles. The van der Waals surface area contributed by atoms with Gasteiger partial charge in [0.2, 0.25) is 5.89 Å². The standard InChI is InChI=1S/C18H11F4NO3/c19-14-7-3-11(4-8-14)15-9-23-16(26-15)10-25-17(24)12-1-5-13(6-2-12)18(20,21)22/h1-9H,10H2. The number of ether oxygens (including phenoxy) is 1. The van der Waals surface area contributed by atoms with E-state index in [0.29, 0.717) is 11.3 Å². The van der Waals surface area contributed by atoms with E-state index < -0.39 is 17.7 Å². The first-order valence-electron chi connectivity index (χ1n) is 7.38. The molecular weight excluding hydrogens is 354 g/mol. The maximum absolute atomic E-state index is 12.9. The Morgan fingerprint density at radius 1 is 1.04 bits per heavy atom. The summed E-state index contributed by atoms with van der Waals surface area (Å²) in [6, 6.07) is 9.21. The van der Waals surface area contributed by atoms with Gasteiger partial charge in [-0.25, -0.2) is 14.2 Å². The smallest absolute Gasteiger partial charge is 0.416 e. The van der Waals surface area contributed by atoms with Crippen LogP contribution in [0, 0.1) is 5.82 Å². The molecule has 26 heavy (non-hydrogen) atoms. The van der Waals surface area contributed by atoms with Crippen LogP contribution in [0.25, 0.3) is 11.3 Å². The minimum absolute atomic E-state index is 0.0247. The van der Waals surface area contributed by atoms with E-state index in [2.05, 4.69) is 4.98 Å². The number of alkyl halides is 3. The molecule has 0 radical (unpaired) electrons. The van der Waals surface area contributed by atoms with Crippen molar-refractivity contribution in [3.63, 3.8) is 0 Å². The molecule has 0 aliphatic heterocycles. The third-order valence-corrected chi connectivity index (χ3v) is 3.46. The zero-order valence-corrected chi connectivity index (χ0v) is 13.1. The fourth-order valence-electron chi connectivity index (χ4n) is 2.13. The number of carbonyl (C=O) groups excluding carboxylic acids is 1. The van der Waals surface area contributed by atoms with Gasteiger partial charge in [0.25, 0.3) is 0 Å². The number of benzene rings is 2. The van der Waals surface area contributed by atoms with Gasteiger partial charge in [0.15, 0.2) is 12.4 Å². The lowest BCUT2D eigenvalue weighted by Crippen LogP contribution is -2.08. The number of nitrogens with zero attached hydrogens (tertiary/aromatic N) is 1. The van der Waals surface area contributed by atoms with E-state index in [9.17, 15) is 22.4 Å². The van der Waals surface area contributed by atoms with Crippen molar-refractivity contribution in [3.05, 3.63) is 77.6 Å². The summed E-state index contributed by atoms with van der Waals surface area (Å²) in [5.41, 5.74) is -0.284. The van der Waals surface area contributed by atoms with Gasteiger partial charge in [0.1, 0.15) is 5.82 Å². The monoisotopic (exact) mass is 365 g/mol. The molecule has 0 N–H and O–H groups in total. The maximum atomic E-state index is 12.9. The number of rotatable bonds is 4. The second kappa shape index (κ2) is 6.99. The van der Waals surface area contributed by atoms with Crippen LogP contribution in [0.3, 0.4) is 0 Å². The average molecular weight is 365 g/mol. The van der Waals surface area contributed by atoms with Crippen molar-refractivity contribution in [1.29, 1.82) is 0 Å². The molecule has 3 rings (SSSR count). The molecule has 8 heteroatoms. The van der Waals surface area contributed by atoms with Gasteiger partial charge in [-0.15, -0.1) is 0 Å². The molecule has 0 atom stereocenters. The quantitative estimate of drug-likeness (QED) is 0.490. The molecular formula is C18H11F4NO3. The van der Waals surface area contributed by atoms with Gasteiger partial charge < -0.3 is 9.15 Å². The van der Waals surface area contributed by atoms with Crippen LogP contribution in [0.2, 0.25) is 0 Å². The lowest BCUT2D eigenvalue weighted by atomic mass is 10.1. The van der Waals surface area contributed by atoms with Crippen LogP contribution in [-0.4, -0.2) is 11.0 Å². The van der Waals surface area contributed by atoms with Gasteiger partial charge in [-0.1, -0.05) is 0 Å². The fraction of sp³-hybridized carbons (Fsp3) is 0.111. The highest BCUT2D eigenvalue weighted by Crippen LogP contribution is 2.29. The Balaban J connectivity index is 1.62. The number of oxazole rings is 1. The molecule has 3 aromatic rings. The topological polar surface area (TPSA) is 52.3 Å². The van der Waals surface area contributed by atoms with E-state index in [1.165, 1.54) is 30.5 Å². The van der Waals surface area contributed by atoms with Gasteiger partial charge in [0, 0.05) is 5.56 Å². The summed E-state index contributed by atoms with van der Waals surface area (Å²) in [5, 5.41) is 0. The third kappa shape index (κ3) is 4.08. The van der Waals surface area contributed by atoms with Crippen molar-refractivity contribution < 1.29 is 31.5 Å². The summed E-state index contributed by atoms with van der Waals surface area (Å²) in [6.45, 7) is -0.291. The molecule has 0 unspecified atom stereocenters. The normalized spacial score (nSPS) is 11.4. The number of hydrogen-bond acceptors (Lipinski definition) is 4. The van der Waals surface area contributed by atoms with E-state index in [1.807, 2.05) is 0 Å². The molecule has 0 saturated carbocycles. The predicted octanol–water partition coefficient (Wildman–Crippen LogP) is 4.86. The van der Waals surface area contributed by atoms with Gasteiger partial charge in [-0.2, -0.15) is 13.2 Å². The van der Waals surface area contributed by atoms with Crippen molar-refractivity contribution in [3.8, 4) is 11.3 Å². The summed E-state index contributed by atoms with van der Waals surface area (Å²) in [7, 11) is 0. The average Bonchev–Trinajstić information content (AvgIpc) is 3.08. The van der Waals surface area contributed by atoms with E-state index >= 15 is 0 Å². The second-order valence-corrected chi connectivity index (χ2v) is 5.28. The number of esters is 1. The lowest BCUT2D eigenvalue weighted by Gasteiger charge is -2.07. The lowest BCUT2D eigenvalue weighted by molar-refractivity contribution is -0.137. The predicted molar refractivity (Wildman–Crippen MR) is 82.5 cm³/mol. The minimum atomic E-state index is -4.47. The summed E-state index contributed by atoms with van der Waals surface area (Å²) < 4.78 is 60.8. The van der Waals surface area contributed by atoms with E-state index in [4.69, 9.17) is 9.15 Å². The SMILES string of the molecule is O=C(OCc1ncc(-c2ccc(F)cc2)o1)c1ccc(C(F)(F)F)cc1. The van der Waals surface area contributed by atoms with Gasteiger partial charge in [-0.3, -0.25) is 0 Å². The van der Waals surface area contributed by atoms with Crippen molar-refractivity contribution in [1.82, 2.24) is 4.98 Å². The Labute approximate surface area is 145 Å². The van der Waals surface area contributed by atoms with Crippen molar-refractivity contribution in [2.24, 2.45) is 0 Å². The molecule has 0 bridgehead atoms. The summed E-state index contributed by atoms with van der Waals surface area (Å²) in [6.07, 6.45) is -3.08. The molecule has 0 aliphatic carbocycles. The number of halogens is 4. The Bertz CT molecular complexity index is 899. The van der Waals surface area contributed by atoms with Crippen LogP contribution in [0.4, 0.5) is 17.6 Å². The number of hydrogen-bond donors (Lipinski definition) is 0. The maximum Gasteiger partial charge on any atom is 0.416 e. The highest BCUT2D eigenvalue weighted by atomic mass is 19.4. The van der Waals surface area contributed by atoms with Crippen LogP contribution >= 0.6 is 0 Å². The van der Waals surface area contributed by atoms with Crippen molar-refractivity contribution in [2.75, 3.05) is 0 Å². The molecule has 0 amide bonds. The van der Waals surface area contributed by atoms with E-state index in [1.54, 1.807) is 0 Å². The highest BCUT2D eigenvalue weighted by molar-refractivity contribution is 5.89. The summed E-state index contributed by atoms with van der Waals surface area (Å²) in [4.78, 5) is 15.8. The first kappa shape index (κ1) is 17.7. The highest BCUT2D eigenvalue weighted by Gasteiger charge is 2.30. The third-order valence-electron chi connectivity index (χ3n) is 3.46. The van der Waals surface area contributed by atoms with Gasteiger partial charge >= 0.3 is 12.1 Å². The first-order valence-corrected chi connectivity index (χ1v) is 7.38. The Kier molecular flexibility index (Phi) is 4.75. The number of aromatic nitrogens is 1. The molecule has 0 saturated heterocycles. The molecule has 0 fully saturated rings. The fourth-order valence-corrected chi connectivity index (χ4v) is 2.13. The first-order chi connectivity index (χ1) is 12.3. The van der Waals surface area contributed by atoms with Gasteiger partial charge in [0.05, 0.1) is 17.3 Å². The second-order valence-electron chi connectivity index (χ2n) is 5.28. The largest absolute Gasteiger partial charge is 0.452 e. The van der Waals surface area contributed by atoms with Crippen molar-refractivity contribution >= 4 is 5.97 Å². The van der Waals surface area contributed by atoms with Gasteiger partial charge in [-0.05, 0) is 48.5 Å². The van der Waals surface area contributed by atoms with Crippen LogP contribution in [0.1, 0.15) is 21.8 Å². The van der Waals surface area contributed by atoms with Crippen LogP contribution in [0.5, 0.6) is 0 Å².